The van der Waals surface area contributed by atoms with Crippen molar-refractivity contribution in [3.05, 3.63) is 24.3 Å². The molecule has 0 atom stereocenters. The second-order valence-corrected chi connectivity index (χ2v) is 4.82. The first-order chi connectivity index (χ1) is 8.72. The molecule has 1 fully saturated rings. The summed E-state index contributed by atoms with van der Waals surface area (Å²) in [6.45, 7) is 0.786. The summed E-state index contributed by atoms with van der Waals surface area (Å²) < 4.78 is 0. The lowest BCUT2D eigenvalue weighted by Gasteiger charge is -2.31. The van der Waals surface area contributed by atoms with Crippen molar-refractivity contribution in [2.24, 2.45) is 5.92 Å². The van der Waals surface area contributed by atoms with Gasteiger partial charge in [-0.25, -0.2) is 9.97 Å². The molecule has 1 aromatic carbocycles. The molecule has 0 bridgehead atoms. The van der Waals surface area contributed by atoms with Gasteiger partial charge in [0, 0.05) is 6.54 Å². The Morgan fingerprint density at radius 3 is 2.56 bits per heavy atom. The third kappa shape index (κ3) is 2.09. The number of hydrogen-bond donors (Lipinski definition) is 3. The molecule has 5 heteroatoms. The van der Waals surface area contributed by atoms with Crippen LogP contribution in [0.4, 0.5) is 11.6 Å². The normalized spacial score (nSPS) is 22.7. The van der Waals surface area contributed by atoms with Crippen molar-refractivity contribution in [2.45, 2.75) is 18.9 Å². The molecule has 0 spiro atoms. The quantitative estimate of drug-likeness (QED) is 0.760. The molecule has 4 N–H and O–H groups in total. The number of nitrogens with zero attached hydrogens (tertiary/aromatic N) is 2. The average Bonchev–Trinajstić information content (AvgIpc) is 2.33. The Balaban J connectivity index is 1.76. The maximum atomic E-state index is 9.23. The van der Waals surface area contributed by atoms with Crippen molar-refractivity contribution in [1.29, 1.82) is 0 Å². The van der Waals surface area contributed by atoms with E-state index < -0.39 is 0 Å². The van der Waals surface area contributed by atoms with Crippen LogP contribution in [0, 0.1) is 5.92 Å². The summed E-state index contributed by atoms with van der Waals surface area (Å²) in [5, 5.41) is 12.4. The van der Waals surface area contributed by atoms with Crippen molar-refractivity contribution in [2.75, 3.05) is 17.6 Å². The van der Waals surface area contributed by atoms with Crippen LogP contribution in [0.3, 0.4) is 0 Å². The van der Waals surface area contributed by atoms with Gasteiger partial charge in [-0.15, -0.1) is 0 Å². The van der Waals surface area contributed by atoms with Crippen molar-refractivity contribution >= 4 is 22.7 Å². The number of hydrogen-bond acceptors (Lipinski definition) is 5. The Bertz CT molecular complexity index is 566. The maximum Gasteiger partial charge on any atom is 0.169 e. The Kier molecular flexibility index (Phi) is 2.76. The lowest BCUT2D eigenvalue weighted by Crippen LogP contribution is -2.33. The Labute approximate surface area is 105 Å². The first-order valence-electron chi connectivity index (χ1n) is 6.16. The molecule has 0 aliphatic heterocycles. The Morgan fingerprint density at radius 1 is 1.22 bits per heavy atom. The van der Waals surface area contributed by atoms with Crippen LogP contribution in [0.25, 0.3) is 11.0 Å². The minimum Gasteiger partial charge on any atom is -0.393 e. The number of aliphatic hydroxyl groups is 1. The van der Waals surface area contributed by atoms with Gasteiger partial charge in [0.15, 0.2) is 11.6 Å². The Hall–Kier alpha value is -1.88. The zero-order valence-electron chi connectivity index (χ0n) is 10.0. The second kappa shape index (κ2) is 4.42. The molecule has 1 aromatic heterocycles. The van der Waals surface area contributed by atoms with Crippen LogP contribution in [0.1, 0.15) is 12.8 Å². The van der Waals surface area contributed by atoms with Crippen LogP contribution in [0.2, 0.25) is 0 Å². The van der Waals surface area contributed by atoms with Gasteiger partial charge in [0.1, 0.15) is 0 Å². The monoisotopic (exact) mass is 244 g/mol. The summed E-state index contributed by atoms with van der Waals surface area (Å²) in [4.78, 5) is 8.78. The maximum absolute atomic E-state index is 9.23. The molecule has 0 radical (unpaired) electrons. The van der Waals surface area contributed by atoms with Gasteiger partial charge in [0.25, 0.3) is 0 Å². The van der Waals surface area contributed by atoms with Gasteiger partial charge in [0.2, 0.25) is 0 Å². The van der Waals surface area contributed by atoms with E-state index in [1.54, 1.807) is 0 Å². The average molecular weight is 244 g/mol. The molecule has 0 unspecified atom stereocenters. The number of nitrogen functional groups attached to an aromatic ring is 1. The third-order valence-corrected chi connectivity index (χ3v) is 3.37. The summed E-state index contributed by atoms with van der Waals surface area (Å²) in [5.74, 6) is 1.57. The Morgan fingerprint density at radius 2 is 1.89 bits per heavy atom. The van der Waals surface area contributed by atoms with E-state index in [0.29, 0.717) is 17.6 Å². The highest BCUT2D eigenvalue weighted by Gasteiger charge is 2.26. The fourth-order valence-corrected chi connectivity index (χ4v) is 2.25. The molecule has 2 aromatic rings. The number of aromatic nitrogens is 2. The number of benzene rings is 1. The summed E-state index contributed by atoms with van der Waals surface area (Å²) >= 11 is 0. The van der Waals surface area contributed by atoms with Crippen LogP contribution >= 0.6 is 0 Å². The molecule has 1 heterocycles. The number of fused-ring (bicyclic) bond motifs is 1. The van der Waals surface area contributed by atoms with E-state index in [0.717, 1.165) is 30.4 Å². The van der Waals surface area contributed by atoms with Crippen LogP contribution in [0.15, 0.2) is 24.3 Å². The molecule has 18 heavy (non-hydrogen) atoms. The molecule has 0 amide bonds. The number of rotatable bonds is 3. The van der Waals surface area contributed by atoms with Crippen LogP contribution < -0.4 is 11.1 Å². The molecule has 5 nitrogen and oxygen atoms in total. The van der Waals surface area contributed by atoms with Gasteiger partial charge in [-0.2, -0.15) is 0 Å². The largest absolute Gasteiger partial charge is 0.393 e. The van der Waals surface area contributed by atoms with Crippen LogP contribution in [-0.2, 0) is 0 Å². The van der Waals surface area contributed by atoms with Crippen LogP contribution in [-0.4, -0.2) is 27.7 Å². The zero-order valence-corrected chi connectivity index (χ0v) is 10.0. The van der Waals surface area contributed by atoms with Crippen molar-refractivity contribution < 1.29 is 5.11 Å². The number of para-hydroxylation sites is 2. The minimum absolute atomic E-state index is 0.128. The SMILES string of the molecule is Nc1nc2ccccc2nc1NCC1CC(O)C1. The lowest BCUT2D eigenvalue weighted by atomic mass is 9.82. The minimum atomic E-state index is -0.128. The molecular formula is C13H16N4O. The van der Waals surface area contributed by atoms with Crippen molar-refractivity contribution in [3.63, 3.8) is 0 Å². The summed E-state index contributed by atoms with van der Waals surface area (Å²) in [6.07, 6.45) is 1.58. The first kappa shape index (κ1) is 11.2. The van der Waals surface area contributed by atoms with Gasteiger partial charge in [-0.05, 0) is 30.9 Å². The van der Waals surface area contributed by atoms with E-state index in [1.165, 1.54) is 0 Å². The highest BCUT2D eigenvalue weighted by atomic mass is 16.3. The summed E-state index contributed by atoms with van der Waals surface area (Å²) in [6, 6.07) is 7.66. The highest BCUT2D eigenvalue weighted by molar-refractivity contribution is 5.79. The topological polar surface area (TPSA) is 84.1 Å². The highest BCUT2D eigenvalue weighted by Crippen LogP contribution is 2.28. The molecule has 1 saturated carbocycles. The fraction of sp³-hybridized carbons (Fsp3) is 0.385. The van der Waals surface area contributed by atoms with Crippen LogP contribution in [0.5, 0.6) is 0 Å². The second-order valence-electron chi connectivity index (χ2n) is 4.82. The predicted octanol–water partition coefficient (Wildman–Crippen LogP) is 1.39. The smallest absolute Gasteiger partial charge is 0.169 e. The zero-order chi connectivity index (χ0) is 12.5. The van der Waals surface area contributed by atoms with Crippen molar-refractivity contribution in [3.8, 4) is 0 Å². The summed E-state index contributed by atoms with van der Waals surface area (Å²) in [7, 11) is 0. The van der Waals surface area contributed by atoms with Gasteiger partial charge >= 0.3 is 0 Å². The molecule has 1 aliphatic carbocycles. The number of nitrogens with two attached hydrogens (primary N) is 1. The van der Waals surface area contributed by atoms with E-state index in [4.69, 9.17) is 5.73 Å². The van der Waals surface area contributed by atoms with Gasteiger partial charge in [-0.3, -0.25) is 0 Å². The molecule has 3 rings (SSSR count). The van der Waals surface area contributed by atoms with Gasteiger partial charge in [-0.1, -0.05) is 12.1 Å². The first-order valence-corrected chi connectivity index (χ1v) is 6.16. The number of nitrogens with one attached hydrogen (secondary N) is 1. The lowest BCUT2D eigenvalue weighted by molar-refractivity contribution is 0.0486. The number of anilines is 2. The van der Waals surface area contributed by atoms with E-state index in [-0.39, 0.29) is 6.10 Å². The van der Waals surface area contributed by atoms with E-state index in [2.05, 4.69) is 15.3 Å². The van der Waals surface area contributed by atoms with E-state index >= 15 is 0 Å². The molecular weight excluding hydrogens is 228 g/mol. The number of aliphatic hydroxyl groups excluding tert-OH is 1. The van der Waals surface area contributed by atoms with Gasteiger partial charge in [0.05, 0.1) is 17.1 Å². The fourth-order valence-electron chi connectivity index (χ4n) is 2.25. The van der Waals surface area contributed by atoms with Crippen molar-refractivity contribution in [1.82, 2.24) is 9.97 Å². The van der Waals surface area contributed by atoms with E-state index in [1.807, 2.05) is 24.3 Å². The standard InChI is InChI=1S/C13H16N4O/c14-12-13(15-7-8-5-9(18)6-8)17-11-4-2-1-3-10(11)16-12/h1-4,8-9,18H,5-7H2,(H2,14,16)(H,15,17). The summed E-state index contributed by atoms with van der Waals surface area (Å²) in [5.41, 5.74) is 7.52. The van der Waals surface area contributed by atoms with Gasteiger partial charge < -0.3 is 16.2 Å². The molecule has 1 aliphatic rings. The van der Waals surface area contributed by atoms with E-state index in [9.17, 15) is 5.11 Å². The third-order valence-electron chi connectivity index (χ3n) is 3.37. The molecule has 0 saturated heterocycles. The predicted molar refractivity (Wildman–Crippen MR) is 71.2 cm³/mol. The molecule has 94 valence electrons.